The van der Waals surface area contributed by atoms with Crippen molar-refractivity contribution in [2.75, 3.05) is 24.5 Å². The number of fused-ring (bicyclic) bond motifs is 1. The number of benzene rings is 2. The van der Waals surface area contributed by atoms with Crippen LogP contribution in [0.15, 0.2) is 59.9 Å². The fourth-order valence-electron chi connectivity index (χ4n) is 5.61. The summed E-state index contributed by atoms with van der Waals surface area (Å²) in [5.41, 5.74) is 3.14. The Bertz CT molecular complexity index is 1750. The molecule has 0 bridgehead atoms. The smallest absolute Gasteiger partial charge is 0.355 e. The van der Waals surface area contributed by atoms with Gasteiger partial charge in [-0.3, -0.25) is 4.79 Å². The van der Waals surface area contributed by atoms with Crippen molar-refractivity contribution in [3.05, 3.63) is 88.1 Å². The van der Waals surface area contributed by atoms with E-state index in [1.807, 2.05) is 57.7 Å². The van der Waals surface area contributed by atoms with Gasteiger partial charge in [0.2, 0.25) is 5.91 Å². The molecule has 1 aliphatic heterocycles. The van der Waals surface area contributed by atoms with Gasteiger partial charge in [0.05, 0.1) is 11.1 Å². The van der Waals surface area contributed by atoms with E-state index in [1.54, 1.807) is 17.0 Å². The van der Waals surface area contributed by atoms with E-state index in [-0.39, 0.29) is 40.5 Å². The number of carbonyl (C=O) groups excluding carboxylic acids is 1. The van der Waals surface area contributed by atoms with Crippen LogP contribution in [0, 0.1) is 19.7 Å². The number of pyridine rings is 1. The molecular formula is C32H34FN5O3. The van der Waals surface area contributed by atoms with Crippen molar-refractivity contribution in [2.24, 2.45) is 0 Å². The molecule has 5 rings (SSSR count). The molecule has 4 aromatic rings. The number of para-hydroxylation sites is 1. The van der Waals surface area contributed by atoms with E-state index in [1.165, 1.54) is 22.8 Å². The molecule has 1 N–H and O–H groups in total. The molecule has 9 heteroatoms. The first-order chi connectivity index (χ1) is 19.5. The number of hydrogen-bond donors (Lipinski definition) is 1. The van der Waals surface area contributed by atoms with Crippen molar-refractivity contribution in [1.82, 2.24) is 19.4 Å². The minimum absolute atomic E-state index is 0.0573. The van der Waals surface area contributed by atoms with Gasteiger partial charge in [0.25, 0.3) is 0 Å². The number of aryl methyl sites for hydroxylation is 2. The SMILES string of the molecule is C=CC(=O)N1CCN(c2nc(=O)n(-c3c(C)cccc3C(C)C)c3nc(-c4cc(C)ccc4O)c(F)cc23)[C@@H](C)C1. The van der Waals surface area contributed by atoms with Crippen LogP contribution in [0.5, 0.6) is 5.75 Å². The molecule has 41 heavy (non-hydrogen) atoms. The van der Waals surface area contributed by atoms with E-state index in [2.05, 4.69) is 11.6 Å². The van der Waals surface area contributed by atoms with Crippen LogP contribution in [0.4, 0.5) is 10.2 Å². The number of carbonyl (C=O) groups is 1. The number of rotatable bonds is 5. The Hall–Kier alpha value is -4.53. The number of aromatic hydroxyl groups is 1. The average molecular weight is 556 g/mol. The number of anilines is 1. The number of aromatic nitrogens is 3. The second kappa shape index (κ2) is 10.8. The van der Waals surface area contributed by atoms with E-state index in [4.69, 9.17) is 4.98 Å². The van der Waals surface area contributed by atoms with Gasteiger partial charge in [-0.25, -0.2) is 18.7 Å². The van der Waals surface area contributed by atoms with Crippen LogP contribution in [0.1, 0.15) is 43.4 Å². The third-order valence-electron chi connectivity index (χ3n) is 7.71. The summed E-state index contributed by atoms with van der Waals surface area (Å²) in [7, 11) is 0. The van der Waals surface area contributed by atoms with E-state index >= 15 is 4.39 Å². The van der Waals surface area contributed by atoms with Gasteiger partial charge in [-0.15, -0.1) is 0 Å². The molecule has 1 aliphatic rings. The molecule has 0 saturated carbocycles. The highest BCUT2D eigenvalue weighted by Gasteiger charge is 2.30. The molecular weight excluding hydrogens is 521 g/mol. The zero-order valence-corrected chi connectivity index (χ0v) is 24.0. The summed E-state index contributed by atoms with van der Waals surface area (Å²) in [6, 6.07) is 11.9. The van der Waals surface area contributed by atoms with Gasteiger partial charge in [-0.2, -0.15) is 4.98 Å². The quantitative estimate of drug-likeness (QED) is 0.338. The van der Waals surface area contributed by atoms with Gasteiger partial charge in [0.15, 0.2) is 11.5 Å². The molecule has 2 aromatic carbocycles. The monoisotopic (exact) mass is 555 g/mol. The number of halogens is 1. The highest BCUT2D eigenvalue weighted by atomic mass is 19.1. The Morgan fingerprint density at radius 2 is 1.90 bits per heavy atom. The highest BCUT2D eigenvalue weighted by Crippen LogP contribution is 2.36. The maximum absolute atomic E-state index is 15.9. The van der Waals surface area contributed by atoms with Gasteiger partial charge in [-0.05, 0) is 62.1 Å². The number of phenols is 1. The maximum atomic E-state index is 15.9. The summed E-state index contributed by atoms with van der Waals surface area (Å²) in [6.07, 6.45) is 1.28. The first kappa shape index (κ1) is 28.0. The molecule has 0 radical (unpaired) electrons. The second-order valence-corrected chi connectivity index (χ2v) is 11.0. The average Bonchev–Trinajstić information content (AvgIpc) is 2.94. The third-order valence-corrected chi connectivity index (χ3v) is 7.71. The minimum Gasteiger partial charge on any atom is -0.507 e. The number of piperazine rings is 1. The van der Waals surface area contributed by atoms with Crippen molar-refractivity contribution >= 4 is 22.8 Å². The van der Waals surface area contributed by atoms with Crippen LogP contribution in [0.2, 0.25) is 0 Å². The predicted octanol–water partition coefficient (Wildman–Crippen LogP) is 5.26. The third kappa shape index (κ3) is 4.96. The summed E-state index contributed by atoms with van der Waals surface area (Å²) in [4.78, 5) is 39.1. The van der Waals surface area contributed by atoms with Crippen molar-refractivity contribution in [3.63, 3.8) is 0 Å². The first-order valence-corrected chi connectivity index (χ1v) is 13.7. The minimum atomic E-state index is -0.645. The zero-order chi connectivity index (χ0) is 29.6. The van der Waals surface area contributed by atoms with Crippen LogP contribution in [0.25, 0.3) is 28.0 Å². The molecule has 1 atom stereocenters. The lowest BCUT2D eigenvalue weighted by molar-refractivity contribution is -0.126. The number of hydrogen-bond acceptors (Lipinski definition) is 6. The van der Waals surface area contributed by atoms with Crippen LogP contribution < -0.4 is 10.6 Å². The highest BCUT2D eigenvalue weighted by molar-refractivity contribution is 5.91. The van der Waals surface area contributed by atoms with Crippen LogP contribution >= 0.6 is 0 Å². The van der Waals surface area contributed by atoms with Gasteiger partial charge in [-0.1, -0.05) is 50.3 Å². The second-order valence-electron chi connectivity index (χ2n) is 11.0. The normalized spacial score (nSPS) is 15.5. The molecule has 212 valence electrons. The molecule has 1 saturated heterocycles. The fourth-order valence-corrected chi connectivity index (χ4v) is 5.61. The van der Waals surface area contributed by atoms with Crippen LogP contribution in [-0.4, -0.2) is 56.1 Å². The van der Waals surface area contributed by atoms with E-state index in [0.717, 1.165) is 16.7 Å². The molecule has 0 spiro atoms. The lowest BCUT2D eigenvalue weighted by Crippen LogP contribution is -2.54. The summed E-state index contributed by atoms with van der Waals surface area (Å²) in [6.45, 7) is 14.6. The Labute approximate surface area is 238 Å². The lowest BCUT2D eigenvalue weighted by atomic mass is 9.98. The Morgan fingerprint density at radius 3 is 2.59 bits per heavy atom. The fraction of sp³-hybridized carbons (Fsp3) is 0.312. The van der Waals surface area contributed by atoms with E-state index < -0.39 is 11.5 Å². The van der Waals surface area contributed by atoms with Crippen LogP contribution in [0.3, 0.4) is 0 Å². The molecule has 3 heterocycles. The first-order valence-electron chi connectivity index (χ1n) is 13.7. The molecule has 1 amide bonds. The van der Waals surface area contributed by atoms with Gasteiger partial charge >= 0.3 is 5.69 Å². The Balaban J connectivity index is 1.82. The predicted molar refractivity (Wildman–Crippen MR) is 159 cm³/mol. The Morgan fingerprint density at radius 1 is 1.15 bits per heavy atom. The van der Waals surface area contributed by atoms with Crippen LogP contribution in [-0.2, 0) is 4.79 Å². The number of nitrogens with zero attached hydrogens (tertiary/aromatic N) is 5. The van der Waals surface area contributed by atoms with E-state index in [9.17, 15) is 14.7 Å². The van der Waals surface area contributed by atoms with Gasteiger partial charge in [0, 0.05) is 31.2 Å². The van der Waals surface area contributed by atoms with Crippen molar-refractivity contribution < 1.29 is 14.3 Å². The summed E-state index contributed by atoms with van der Waals surface area (Å²) < 4.78 is 17.4. The largest absolute Gasteiger partial charge is 0.507 e. The van der Waals surface area contributed by atoms with Crippen molar-refractivity contribution in [3.8, 4) is 22.7 Å². The topological polar surface area (TPSA) is 91.6 Å². The van der Waals surface area contributed by atoms with Gasteiger partial charge in [0.1, 0.15) is 17.3 Å². The molecule has 1 fully saturated rings. The maximum Gasteiger partial charge on any atom is 0.355 e. The lowest BCUT2D eigenvalue weighted by Gasteiger charge is -2.40. The summed E-state index contributed by atoms with van der Waals surface area (Å²) in [5, 5.41) is 11.0. The molecule has 8 nitrogen and oxygen atoms in total. The molecule has 0 unspecified atom stereocenters. The number of phenolic OH excluding ortho intramolecular Hbond substituents is 1. The standard InChI is InChI=1S/C32H34FN5O3/c1-7-27(40)36-13-14-37(21(6)17-36)30-24-16-25(33)28(23-15-19(4)11-12-26(23)39)34-31(24)38(32(41)35-30)29-20(5)9-8-10-22(29)18(2)3/h7-12,15-16,18,21,39H,1,13-14,17H2,2-6H3/t21-/m0/s1. The van der Waals surface area contributed by atoms with Crippen molar-refractivity contribution in [2.45, 2.75) is 46.6 Å². The number of amides is 1. The zero-order valence-electron chi connectivity index (χ0n) is 24.0. The molecule has 0 aliphatic carbocycles. The van der Waals surface area contributed by atoms with Crippen molar-refractivity contribution in [1.29, 1.82) is 0 Å². The summed E-state index contributed by atoms with van der Waals surface area (Å²) >= 11 is 0. The van der Waals surface area contributed by atoms with E-state index in [0.29, 0.717) is 36.5 Å². The summed E-state index contributed by atoms with van der Waals surface area (Å²) in [5.74, 6) is -0.525. The molecule has 2 aromatic heterocycles. The van der Waals surface area contributed by atoms with Gasteiger partial charge < -0.3 is 14.9 Å². The Kier molecular flexibility index (Phi) is 7.38.